The zero-order valence-corrected chi connectivity index (χ0v) is 14.0. The molecule has 1 aliphatic heterocycles. The van der Waals surface area contributed by atoms with Gasteiger partial charge in [0.25, 0.3) is 0 Å². The molecule has 4 heteroatoms. The summed E-state index contributed by atoms with van der Waals surface area (Å²) in [6.45, 7) is 7.07. The highest BCUT2D eigenvalue weighted by atomic mass is 79.9. The molecular formula is C15H23BrN2S. The fourth-order valence-electron chi connectivity index (χ4n) is 2.34. The van der Waals surface area contributed by atoms with Gasteiger partial charge in [-0.25, -0.2) is 0 Å². The van der Waals surface area contributed by atoms with Crippen LogP contribution in [0.15, 0.2) is 28.7 Å². The first-order valence-corrected chi connectivity index (χ1v) is 8.97. The van der Waals surface area contributed by atoms with E-state index in [1.165, 1.54) is 36.7 Å². The van der Waals surface area contributed by atoms with Crippen molar-refractivity contribution in [3.63, 3.8) is 0 Å². The molecule has 1 unspecified atom stereocenters. The number of hydrogen-bond donors (Lipinski definition) is 1. The second-order valence-electron chi connectivity index (χ2n) is 5.14. The number of halogens is 1. The summed E-state index contributed by atoms with van der Waals surface area (Å²) >= 11 is 5.55. The maximum absolute atomic E-state index is 3.63. The minimum absolute atomic E-state index is 0.542. The van der Waals surface area contributed by atoms with Crippen molar-refractivity contribution in [2.75, 3.05) is 37.7 Å². The zero-order chi connectivity index (χ0) is 13.5. The molecule has 0 bridgehead atoms. The molecule has 1 fully saturated rings. The molecule has 1 N–H and O–H groups in total. The summed E-state index contributed by atoms with van der Waals surface area (Å²) in [4.78, 5) is 2.57. The summed E-state index contributed by atoms with van der Waals surface area (Å²) in [5.41, 5.74) is 1.40. The van der Waals surface area contributed by atoms with Crippen molar-refractivity contribution < 1.29 is 0 Å². The summed E-state index contributed by atoms with van der Waals surface area (Å²) in [7, 11) is 0. The number of nitrogens with one attached hydrogen (secondary N) is 1. The van der Waals surface area contributed by atoms with Gasteiger partial charge in [0.05, 0.1) is 0 Å². The molecule has 0 amide bonds. The average molecular weight is 343 g/mol. The maximum atomic E-state index is 3.63. The molecule has 1 aromatic rings. The Balaban J connectivity index is 1.63. The fourth-order valence-corrected chi connectivity index (χ4v) is 3.58. The van der Waals surface area contributed by atoms with Crippen molar-refractivity contribution in [1.29, 1.82) is 0 Å². The quantitative estimate of drug-likeness (QED) is 0.855. The molecule has 1 atom stereocenters. The van der Waals surface area contributed by atoms with E-state index in [-0.39, 0.29) is 0 Å². The minimum Gasteiger partial charge on any atom is -0.313 e. The Morgan fingerprint density at radius 2 is 1.95 bits per heavy atom. The highest BCUT2D eigenvalue weighted by molar-refractivity contribution is 9.10. The third-order valence-electron chi connectivity index (χ3n) is 3.48. The van der Waals surface area contributed by atoms with Gasteiger partial charge in [0, 0.05) is 48.2 Å². The van der Waals surface area contributed by atoms with Crippen LogP contribution >= 0.6 is 27.7 Å². The van der Waals surface area contributed by atoms with Crippen LogP contribution in [0.1, 0.15) is 12.5 Å². The van der Waals surface area contributed by atoms with Crippen LogP contribution < -0.4 is 5.32 Å². The van der Waals surface area contributed by atoms with Crippen LogP contribution in [0.2, 0.25) is 0 Å². The van der Waals surface area contributed by atoms with Crippen molar-refractivity contribution in [3.05, 3.63) is 34.3 Å². The highest BCUT2D eigenvalue weighted by Gasteiger charge is 2.10. The van der Waals surface area contributed by atoms with Gasteiger partial charge in [-0.1, -0.05) is 28.1 Å². The second-order valence-corrected chi connectivity index (χ2v) is 7.28. The van der Waals surface area contributed by atoms with E-state index in [0.29, 0.717) is 6.04 Å². The smallest absolute Gasteiger partial charge is 0.0175 e. The predicted octanol–water partition coefficient (Wildman–Crippen LogP) is 3.02. The average Bonchev–Trinajstić information content (AvgIpc) is 2.43. The third-order valence-corrected chi connectivity index (χ3v) is 4.95. The number of nitrogens with zero attached hydrogens (tertiary/aromatic N) is 1. The van der Waals surface area contributed by atoms with E-state index < -0.39 is 0 Å². The zero-order valence-electron chi connectivity index (χ0n) is 11.6. The van der Waals surface area contributed by atoms with Crippen molar-refractivity contribution >= 4 is 27.7 Å². The summed E-state index contributed by atoms with van der Waals surface area (Å²) in [5, 5.41) is 3.63. The van der Waals surface area contributed by atoms with Crippen molar-refractivity contribution in [1.82, 2.24) is 10.2 Å². The molecule has 0 spiro atoms. The molecule has 0 radical (unpaired) electrons. The Kier molecular flexibility index (Phi) is 6.71. The fraction of sp³-hybridized carbons (Fsp3) is 0.600. The number of rotatable bonds is 6. The lowest BCUT2D eigenvalue weighted by molar-refractivity contribution is 0.296. The molecule has 0 aromatic heterocycles. The molecule has 1 saturated heterocycles. The highest BCUT2D eigenvalue weighted by Crippen LogP contribution is 2.12. The van der Waals surface area contributed by atoms with Gasteiger partial charge in [-0.05, 0) is 31.0 Å². The number of benzene rings is 1. The number of hydrogen-bond acceptors (Lipinski definition) is 3. The lowest BCUT2D eigenvalue weighted by atomic mass is 10.1. The standard InChI is InChI=1S/C15H23BrN2S/c1-13(12-14-2-4-15(16)5-3-14)17-6-7-18-8-10-19-11-9-18/h2-5,13,17H,6-12H2,1H3. The predicted molar refractivity (Wildman–Crippen MR) is 89.1 cm³/mol. The summed E-state index contributed by atoms with van der Waals surface area (Å²) in [6, 6.07) is 9.18. The van der Waals surface area contributed by atoms with Gasteiger partial charge in [0.1, 0.15) is 0 Å². The molecule has 2 nitrogen and oxygen atoms in total. The normalized spacial score (nSPS) is 18.4. The molecule has 1 aromatic carbocycles. The van der Waals surface area contributed by atoms with Crippen molar-refractivity contribution in [2.24, 2.45) is 0 Å². The Bertz CT molecular complexity index is 363. The Hall–Kier alpha value is -0.0300. The van der Waals surface area contributed by atoms with Crippen LogP contribution in [0, 0.1) is 0 Å². The number of thioether (sulfide) groups is 1. The van der Waals surface area contributed by atoms with Crippen molar-refractivity contribution in [2.45, 2.75) is 19.4 Å². The van der Waals surface area contributed by atoms with Crippen LogP contribution in [0.4, 0.5) is 0 Å². The van der Waals surface area contributed by atoms with Gasteiger partial charge in [-0.2, -0.15) is 11.8 Å². The second kappa shape index (κ2) is 8.30. The van der Waals surface area contributed by atoms with Crippen LogP contribution in [-0.2, 0) is 6.42 Å². The van der Waals surface area contributed by atoms with E-state index >= 15 is 0 Å². The van der Waals surface area contributed by atoms with Crippen molar-refractivity contribution in [3.8, 4) is 0 Å². The summed E-state index contributed by atoms with van der Waals surface area (Å²) in [5.74, 6) is 2.60. The monoisotopic (exact) mass is 342 g/mol. The maximum Gasteiger partial charge on any atom is 0.0175 e. The molecule has 1 aliphatic rings. The SMILES string of the molecule is CC(Cc1ccc(Br)cc1)NCCN1CCSCC1. The lowest BCUT2D eigenvalue weighted by Gasteiger charge is -2.26. The lowest BCUT2D eigenvalue weighted by Crippen LogP contribution is -2.40. The van der Waals surface area contributed by atoms with Gasteiger partial charge in [0.15, 0.2) is 0 Å². The topological polar surface area (TPSA) is 15.3 Å². The third kappa shape index (κ3) is 5.86. The van der Waals surface area contributed by atoms with Gasteiger partial charge >= 0.3 is 0 Å². The van der Waals surface area contributed by atoms with E-state index in [1.54, 1.807) is 0 Å². The van der Waals surface area contributed by atoms with E-state index in [0.717, 1.165) is 17.4 Å². The van der Waals surface area contributed by atoms with Crippen LogP contribution in [-0.4, -0.2) is 48.6 Å². The molecule has 0 saturated carbocycles. The molecule has 1 heterocycles. The molecule has 2 rings (SSSR count). The van der Waals surface area contributed by atoms with Crippen LogP contribution in [0.3, 0.4) is 0 Å². The molecular weight excluding hydrogens is 320 g/mol. The Morgan fingerprint density at radius 3 is 2.63 bits per heavy atom. The minimum atomic E-state index is 0.542. The van der Waals surface area contributed by atoms with Gasteiger partial charge in [0.2, 0.25) is 0 Å². The Labute approximate surface area is 129 Å². The first kappa shape index (κ1) is 15.4. The molecule has 19 heavy (non-hydrogen) atoms. The van der Waals surface area contributed by atoms with Gasteiger partial charge in [-0.15, -0.1) is 0 Å². The van der Waals surface area contributed by atoms with E-state index in [2.05, 4.69) is 69.1 Å². The van der Waals surface area contributed by atoms with E-state index in [9.17, 15) is 0 Å². The molecule has 106 valence electrons. The Morgan fingerprint density at radius 1 is 1.26 bits per heavy atom. The summed E-state index contributed by atoms with van der Waals surface area (Å²) < 4.78 is 1.15. The van der Waals surface area contributed by atoms with E-state index in [1.807, 2.05) is 0 Å². The molecule has 0 aliphatic carbocycles. The summed E-state index contributed by atoms with van der Waals surface area (Å²) in [6.07, 6.45) is 1.10. The first-order valence-electron chi connectivity index (χ1n) is 7.02. The van der Waals surface area contributed by atoms with Crippen LogP contribution in [0.25, 0.3) is 0 Å². The largest absolute Gasteiger partial charge is 0.313 e. The van der Waals surface area contributed by atoms with Gasteiger partial charge < -0.3 is 10.2 Å². The van der Waals surface area contributed by atoms with Gasteiger partial charge in [-0.3, -0.25) is 0 Å². The van der Waals surface area contributed by atoms with Crippen LogP contribution in [0.5, 0.6) is 0 Å². The first-order chi connectivity index (χ1) is 9.24. The van der Waals surface area contributed by atoms with E-state index in [4.69, 9.17) is 0 Å².